The second-order valence-electron chi connectivity index (χ2n) is 4.40. The lowest BCUT2D eigenvalue weighted by Crippen LogP contribution is -2.16. The number of H-pyrrole nitrogens is 1. The number of benzene rings is 1. The van der Waals surface area contributed by atoms with Gasteiger partial charge in [0.15, 0.2) is 0 Å². The van der Waals surface area contributed by atoms with E-state index in [0.717, 1.165) is 5.56 Å². The van der Waals surface area contributed by atoms with Crippen LogP contribution in [-0.2, 0) is 11.2 Å². The Morgan fingerprint density at radius 1 is 1.35 bits per heavy atom. The molecule has 0 aliphatic heterocycles. The fourth-order valence-electron chi connectivity index (χ4n) is 1.88. The summed E-state index contributed by atoms with van der Waals surface area (Å²) in [6.07, 6.45) is 0.129. The van der Waals surface area contributed by atoms with Gasteiger partial charge in [-0.2, -0.15) is 0 Å². The SMILES string of the molecule is Cc1cc(NC(=O)Cc2cccc(Cl)c2)c(C(=O)O)[nH]1. The van der Waals surface area contributed by atoms with Crippen LogP contribution >= 0.6 is 11.6 Å². The van der Waals surface area contributed by atoms with Gasteiger partial charge in [0.05, 0.1) is 12.1 Å². The molecule has 6 heteroatoms. The Morgan fingerprint density at radius 2 is 2.10 bits per heavy atom. The molecule has 5 nitrogen and oxygen atoms in total. The van der Waals surface area contributed by atoms with Gasteiger partial charge in [0.2, 0.25) is 5.91 Å². The largest absolute Gasteiger partial charge is 0.477 e. The number of rotatable bonds is 4. The molecule has 104 valence electrons. The van der Waals surface area contributed by atoms with Gasteiger partial charge in [0.25, 0.3) is 0 Å². The second kappa shape index (κ2) is 5.79. The lowest BCUT2D eigenvalue weighted by Gasteiger charge is -2.05. The van der Waals surface area contributed by atoms with E-state index >= 15 is 0 Å². The van der Waals surface area contributed by atoms with Crippen LogP contribution in [0.2, 0.25) is 5.02 Å². The maximum absolute atomic E-state index is 11.9. The molecular formula is C14H13ClN2O3. The Balaban J connectivity index is 2.10. The fraction of sp³-hybridized carbons (Fsp3) is 0.143. The number of carboxylic acids is 1. The Bertz CT molecular complexity index is 664. The lowest BCUT2D eigenvalue weighted by atomic mass is 10.1. The Morgan fingerprint density at radius 3 is 2.75 bits per heavy atom. The van der Waals surface area contributed by atoms with E-state index in [1.165, 1.54) is 0 Å². The van der Waals surface area contributed by atoms with E-state index in [9.17, 15) is 9.59 Å². The number of carbonyl (C=O) groups is 2. The number of aromatic amines is 1. The molecule has 1 heterocycles. The summed E-state index contributed by atoms with van der Waals surface area (Å²) in [7, 11) is 0. The summed E-state index contributed by atoms with van der Waals surface area (Å²) in [6, 6.07) is 8.54. The summed E-state index contributed by atoms with van der Waals surface area (Å²) in [4.78, 5) is 25.6. The van der Waals surface area contributed by atoms with Crippen LogP contribution < -0.4 is 5.32 Å². The molecule has 0 saturated carbocycles. The van der Waals surface area contributed by atoms with Gasteiger partial charge in [-0.3, -0.25) is 4.79 Å². The highest BCUT2D eigenvalue weighted by molar-refractivity contribution is 6.30. The number of carbonyl (C=O) groups excluding carboxylic acids is 1. The third kappa shape index (κ3) is 3.39. The molecule has 20 heavy (non-hydrogen) atoms. The summed E-state index contributed by atoms with van der Waals surface area (Å²) in [5, 5.41) is 12.2. The van der Waals surface area contributed by atoms with Crippen LogP contribution in [0.25, 0.3) is 0 Å². The van der Waals surface area contributed by atoms with E-state index in [0.29, 0.717) is 10.7 Å². The smallest absolute Gasteiger partial charge is 0.354 e. The van der Waals surface area contributed by atoms with Gasteiger partial charge in [-0.25, -0.2) is 4.79 Å². The molecule has 0 radical (unpaired) electrons. The molecule has 2 rings (SSSR count). The van der Waals surface area contributed by atoms with Crippen LogP contribution in [0.15, 0.2) is 30.3 Å². The van der Waals surface area contributed by atoms with Gasteiger partial charge >= 0.3 is 5.97 Å². The predicted molar refractivity (Wildman–Crippen MR) is 76.3 cm³/mol. The van der Waals surface area contributed by atoms with Crippen LogP contribution in [0, 0.1) is 6.92 Å². The zero-order valence-electron chi connectivity index (χ0n) is 10.7. The number of aromatic carboxylic acids is 1. The van der Waals surface area contributed by atoms with Crippen LogP contribution in [0.1, 0.15) is 21.7 Å². The first-order chi connectivity index (χ1) is 9.45. The molecule has 1 amide bonds. The monoisotopic (exact) mass is 292 g/mol. The lowest BCUT2D eigenvalue weighted by molar-refractivity contribution is -0.115. The highest BCUT2D eigenvalue weighted by atomic mass is 35.5. The molecule has 0 spiro atoms. The number of anilines is 1. The van der Waals surface area contributed by atoms with E-state index in [1.807, 2.05) is 0 Å². The van der Waals surface area contributed by atoms with Gasteiger partial charge in [-0.1, -0.05) is 23.7 Å². The molecular weight excluding hydrogens is 280 g/mol. The Hall–Kier alpha value is -2.27. The maximum Gasteiger partial charge on any atom is 0.354 e. The van der Waals surface area contributed by atoms with Crippen molar-refractivity contribution in [2.75, 3.05) is 5.32 Å². The molecule has 1 aromatic carbocycles. The first-order valence-corrected chi connectivity index (χ1v) is 6.30. The van der Waals surface area contributed by atoms with E-state index in [1.54, 1.807) is 37.3 Å². The summed E-state index contributed by atoms with van der Waals surface area (Å²) < 4.78 is 0. The number of hydrogen-bond acceptors (Lipinski definition) is 2. The van der Waals surface area contributed by atoms with Crippen molar-refractivity contribution in [1.82, 2.24) is 4.98 Å². The topological polar surface area (TPSA) is 82.2 Å². The fourth-order valence-corrected chi connectivity index (χ4v) is 2.10. The number of carboxylic acid groups (broad SMARTS) is 1. The molecule has 0 fully saturated rings. The van der Waals surface area contributed by atoms with Crippen molar-refractivity contribution in [1.29, 1.82) is 0 Å². The summed E-state index contributed by atoms with van der Waals surface area (Å²) in [6.45, 7) is 1.72. The predicted octanol–water partition coefficient (Wildman–Crippen LogP) is 2.86. The Kier molecular flexibility index (Phi) is 4.10. The minimum absolute atomic E-state index is 0.0260. The van der Waals surface area contributed by atoms with Crippen molar-refractivity contribution in [3.05, 3.63) is 52.3 Å². The quantitative estimate of drug-likeness (QED) is 0.810. The molecule has 3 N–H and O–H groups in total. The van der Waals surface area contributed by atoms with Gasteiger partial charge in [-0.05, 0) is 30.7 Å². The van der Waals surface area contributed by atoms with E-state index < -0.39 is 5.97 Å². The van der Waals surface area contributed by atoms with E-state index in [-0.39, 0.29) is 23.7 Å². The zero-order valence-corrected chi connectivity index (χ0v) is 11.5. The molecule has 0 aliphatic rings. The normalized spacial score (nSPS) is 10.3. The number of halogens is 1. The molecule has 0 unspecified atom stereocenters. The number of amides is 1. The van der Waals surface area contributed by atoms with Crippen LogP contribution in [0.3, 0.4) is 0 Å². The minimum Gasteiger partial charge on any atom is -0.477 e. The van der Waals surface area contributed by atoms with Crippen molar-refractivity contribution in [2.24, 2.45) is 0 Å². The van der Waals surface area contributed by atoms with Gasteiger partial charge in [0, 0.05) is 10.7 Å². The third-order valence-corrected chi connectivity index (χ3v) is 2.93. The first-order valence-electron chi connectivity index (χ1n) is 5.93. The van der Waals surface area contributed by atoms with Crippen molar-refractivity contribution >= 4 is 29.2 Å². The van der Waals surface area contributed by atoms with Gasteiger partial charge in [-0.15, -0.1) is 0 Å². The first kappa shape index (κ1) is 14.1. The molecule has 0 atom stereocenters. The second-order valence-corrected chi connectivity index (χ2v) is 4.84. The van der Waals surface area contributed by atoms with Gasteiger partial charge in [0.1, 0.15) is 5.69 Å². The number of hydrogen-bond donors (Lipinski definition) is 3. The zero-order chi connectivity index (χ0) is 14.7. The van der Waals surface area contributed by atoms with Crippen LogP contribution in [-0.4, -0.2) is 22.0 Å². The van der Waals surface area contributed by atoms with Crippen molar-refractivity contribution in [3.8, 4) is 0 Å². The molecule has 0 bridgehead atoms. The average molecular weight is 293 g/mol. The van der Waals surface area contributed by atoms with Crippen LogP contribution in [0.4, 0.5) is 5.69 Å². The van der Waals surface area contributed by atoms with E-state index in [2.05, 4.69) is 10.3 Å². The maximum atomic E-state index is 11.9. The van der Waals surface area contributed by atoms with E-state index in [4.69, 9.17) is 16.7 Å². The third-order valence-electron chi connectivity index (χ3n) is 2.69. The number of aromatic nitrogens is 1. The minimum atomic E-state index is -1.11. The van der Waals surface area contributed by atoms with Crippen molar-refractivity contribution in [2.45, 2.75) is 13.3 Å². The van der Waals surface area contributed by atoms with Crippen molar-refractivity contribution in [3.63, 3.8) is 0 Å². The summed E-state index contributed by atoms with van der Waals surface area (Å²) in [5.41, 5.74) is 1.67. The standard InChI is InChI=1S/C14H13ClN2O3/c1-8-5-11(13(16-8)14(19)20)17-12(18)7-9-3-2-4-10(15)6-9/h2-6,16H,7H2,1H3,(H,17,18)(H,19,20). The molecule has 2 aromatic rings. The average Bonchev–Trinajstić information content (AvgIpc) is 2.70. The molecule has 0 saturated heterocycles. The summed E-state index contributed by atoms with van der Waals surface area (Å²) in [5.74, 6) is -1.41. The molecule has 0 aliphatic carbocycles. The van der Waals surface area contributed by atoms with Gasteiger partial charge < -0.3 is 15.4 Å². The Labute approximate surface area is 120 Å². The number of nitrogens with one attached hydrogen (secondary N) is 2. The summed E-state index contributed by atoms with van der Waals surface area (Å²) >= 11 is 5.84. The van der Waals surface area contributed by atoms with Crippen LogP contribution in [0.5, 0.6) is 0 Å². The van der Waals surface area contributed by atoms with Crippen molar-refractivity contribution < 1.29 is 14.7 Å². The molecule has 1 aromatic heterocycles. The number of aryl methyl sites for hydroxylation is 1. The highest BCUT2D eigenvalue weighted by Crippen LogP contribution is 2.18. The highest BCUT2D eigenvalue weighted by Gasteiger charge is 2.15.